The van der Waals surface area contributed by atoms with E-state index in [1.54, 1.807) is 0 Å². The molecule has 24 heavy (non-hydrogen) atoms. The quantitative estimate of drug-likeness (QED) is 0.799. The Balaban J connectivity index is 1.97. The highest BCUT2D eigenvalue weighted by Gasteiger charge is 2.45. The monoisotopic (exact) mass is 335 g/mol. The Hall–Kier alpha value is -2.57. The van der Waals surface area contributed by atoms with Gasteiger partial charge in [-0.3, -0.25) is 4.79 Å². The van der Waals surface area contributed by atoms with Crippen molar-refractivity contribution in [2.75, 3.05) is 7.11 Å². The maximum absolute atomic E-state index is 12.1. The van der Waals surface area contributed by atoms with Crippen molar-refractivity contribution in [3.05, 3.63) is 35.9 Å². The molecule has 0 bridgehead atoms. The highest BCUT2D eigenvalue weighted by Crippen LogP contribution is 2.33. The Morgan fingerprint density at radius 1 is 1.21 bits per heavy atom. The predicted molar refractivity (Wildman–Crippen MR) is 84.1 cm³/mol. The molecule has 7 heteroatoms. The molecule has 0 spiro atoms. The van der Waals surface area contributed by atoms with Crippen LogP contribution in [-0.4, -0.2) is 35.8 Å². The lowest BCUT2D eigenvalue weighted by Gasteiger charge is -2.36. The van der Waals surface area contributed by atoms with E-state index in [2.05, 4.69) is 5.32 Å². The van der Waals surface area contributed by atoms with Gasteiger partial charge < -0.3 is 19.9 Å². The standard InChI is InChI=1S/C17H21NO6/c1-23-15(21)17(9-7-13(8-10-17)14(19)20)18-16(22)24-11-12-5-3-2-4-6-12/h2-6,13H,7-11H2,1H3,(H,18,22)(H,19,20). The summed E-state index contributed by atoms with van der Waals surface area (Å²) in [7, 11) is 1.24. The second-order valence-corrected chi connectivity index (χ2v) is 5.87. The van der Waals surface area contributed by atoms with E-state index in [-0.39, 0.29) is 19.4 Å². The smallest absolute Gasteiger partial charge is 0.408 e. The number of esters is 1. The highest BCUT2D eigenvalue weighted by molar-refractivity contribution is 5.86. The minimum atomic E-state index is -1.23. The molecule has 1 aromatic rings. The molecule has 1 aromatic carbocycles. The van der Waals surface area contributed by atoms with Gasteiger partial charge in [-0.15, -0.1) is 0 Å². The first-order chi connectivity index (χ1) is 11.5. The van der Waals surface area contributed by atoms with Crippen molar-refractivity contribution in [1.29, 1.82) is 0 Å². The summed E-state index contributed by atoms with van der Waals surface area (Å²) in [6, 6.07) is 9.17. The molecule has 1 aliphatic rings. The van der Waals surface area contributed by atoms with Gasteiger partial charge in [-0.2, -0.15) is 0 Å². The van der Waals surface area contributed by atoms with E-state index in [1.165, 1.54) is 7.11 Å². The van der Waals surface area contributed by atoms with E-state index in [0.717, 1.165) is 5.56 Å². The summed E-state index contributed by atoms with van der Waals surface area (Å²) in [5.74, 6) is -1.98. The lowest BCUT2D eigenvalue weighted by Crippen LogP contribution is -2.57. The van der Waals surface area contributed by atoms with Crippen LogP contribution in [0.3, 0.4) is 0 Å². The molecule has 130 valence electrons. The third kappa shape index (κ3) is 4.24. The van der Waals surface area contributed by atoms with E-state index in [0.29, 0.717) is 12.8 Å². The fraction of sp³-hybridized carbons (Fsp3) is 0.471. The molecule has 0 saturated heterocycles. The molecule has 1 saturated carbocycles. The Kier molecular flexibility index (Phi) is 5.78. The number of carboxylic acids is 1. The van der Waals surface area contributed by atoms with Crippen LogP contribution in [-0.2, 0) is 25.7 Å². The number of nitrogens with one attached hydrogen (secondary N) is 1. The third-order valence-electron chi connectivity index (χ3n) is 4.32. The van der Waals surface area contributed by atoms with Gasteiger partial charge in [0.25, 0.3) is 0 Å². The van der Waals surface area contributed by atoms with E-state index in [4.69, 9.17) is 14.6 Å². The topological polar surface area (TPSA) is 102 Å². The fourth-order valence-corrected chi connectivity index (χ4v) is 2.89. The average molecular weight is 335 g/mol. The van der Waals surface area contributed by atoms with Crippen LogP contribution < -0.4 is 5.32 Å². The van der Waals surface area contributed by atoms with E-state index >= 15 is 0 Å². The number of carbonyl (C=O) groups excluding carboxylic acids is 2. The molecule has 0 aliphatic heterocycles. The number of carboxylic acid groups (broad SMARTS) is 1. The van der Waals surface area contributed by atoms with Gasteiger partial charge in [-0.1, -0.05) is 30.3 Å². The van der Waals surface area contributed by atoms with Crippen molar-refractivity contribution in [2.24, 2.45) is 5.92 Å². The van der Waals surface area contributed by atoms with Crippen LogP contribution >= 0.6 is 0 Å². The number of alkyl carbamates (subject to hydrolysis) is 1. The molecular formula is C17H21NO6. The maximum atomic E-state index is 12.1. The first-order valence-corrected chi connectivity index (χ1v) is 7.77. The average Bonchev–Trinajstić information content (AvgIpc) is 2.60. The van der Waals surface area contributed by atoms with Crippen LogP contribution in [0.5, 0.6) is 0 Å². The van der Waals surface area contributed by atoms with Crippen molar-refractivity contribution >= 4 is 18.0 Å². The largest absolute Gasteiger partial charge is 0.481 e. The third-order valence-corrected chi connectivity index (χ3v) is 4.32. The van der Waals surface area contributed by atoms with Crippen molar-refractivity contribution < 1.29 is 29.0 Å². The molecule has 2 rings (SSSR count). The molecule has 0 atom stereocenters. The Labute approximate surface area is 139 Å². The molecule has 0 unspecified atom stereocenters. The Morgan fingerprint density at radius 2 is 1.83 bits per heavy atom. The van der Waals surface area contributed by atoms with Crippen LogP contribution in [0.2, 0.25) is 0 Å². The van der Waals surface area contributed by atoms with Crippen molar-refractivity contribution in [3.8, 4) is 0 Å². The first-order valence-electron chi connectivity index (χ1n) is 7.77. The van der Waals surface area contributed by atoms with Crippen molar-refractivity contribution in [2.45, 2.75) is 37.8 Å². The summed E-state index contributed by atoms with van der Waals surface area (Å²) in [6.45, 7) is 0.0850. The number of benzene rings is 1. The zero-order valence-corrected chi connectivity index (χ0v) is 13.5. The molecule has 1 fully saturated rings. The second-order valence-electron chi connectivity index (χ2n) is 5.87. The second kappa shape index (κ2) is 7.81. The minimum Gasteiger partial charge on any atom is -0.481 e. The van der Waals surface area contributed by atoms with Crippen LogP contribution in [0.4, 0.5) is 4.79 Å². The molecule has 1 amide bonds. The van der Waals surface area contributed by atoms with Gasteiger partial charge in [0, 0.05) is 0 Å². The van der Waals surface area contributed by atoms with Gasteiger partial charge in [-0.05, 0) is 31.2 Å². The zero-order chi connectivity index (χ0) is 17.6. The Morgan fingerprint density at radius 3 is 2.38 bits per heavy atom. The van der Waals surface area contributed by atoms with Crippen LogP contribution in [0.1, 0.15) is 31.2 Å². The number of carbonyl (C=O) groups is 3. The lowest BCUT2D eigenvalue weighted by atomic mass is 9.76. The predicted octanol–water partition coefficient (Wildman–Crippen LogP) is 2.10. The number of hydrogen-bond donors (Lipinski definition) is 2. The fourth-order valence-electron chi connectivity index (χ4n) is 2.89. The van der Waals surface area contributed by atoms with Gasteiger partial charge in [0.2, 0.25) is 0 Å². The van der Waals surface area contributed by atoms with E-state index in [9.17, 15) is 14.4 Å². The molecule has 1 aliphatic carbocycles. The molecule has 0 radical (unpaired) electrons. The van der Waals surface area contributed by atoms with Crippen LogP contribution in [0, 0.1) is 5.92 Å². The molecular weight excluding hydrogens is 314 g/mol. The molecule has 7 nitrogen and oxygen atoms in total. The van der Waals surface area contributed by atoms with Crippen LogP contribution in [0.25, 0.3) is 0 Å². The first kappa shape index (κ1) is 17.8. The molecule has 2 N–H and O–H groups in total. The summed E-state index contributed by atoms with van der Waals surface area (Å²) < 4.78 is 9.95. The van der Waals surface area contributed by atoms with Gasteiger partial charge in [0.15, 0.2) is 0 Å². The summed E-state index contributed by atoms with van der Waals surface area (Å²) in [6.07, 6.45) is 0.277. The van der Waals surface area contributed by atoms with Gasteiger partial charge >= 0.3 is 18.0 Å². The van der Waals surface area contributed by atoms with Gasteiger partial charge in [0.05, 0.1) is 13.0 Å². The van der Waals surface area contributed by atoms with E-state index in [1.807, 2.05) is 30.3 Å². The molecule has 0 heterocycles. The van der Waals surface area contributed by atoms with Gasteiger partial charge in [-0.25, -0.2) is 9.59 Å². The highest BCUT2D eigenvalue weighted by atomic mass is 16.6. The van der Waals surface area contributed by atoms with Crippen LogP contribution in [0.15, 0.2) is 30.3 Å². The molecule has 0 aromatic heterocycles. The van der Waals surface area contributed by atoms with Crippen molar-refractivity contribution in [3.63, 3.8) is 0 Å². The lowest BCUT2D eigenvalue weighted by molar-refractivity contribution is -0.153. The zero-order valence-electron chi connectivity index (χ0n) is 13.5. The summed E-state index contributed by atoms with van der Waals surface area (Å²) >= 11 is 0. The summed E-state index contributed by atoms with van der Waals surface area (Å²) in [5, 5.41) is 11.7. The number of rotatable bonds is 5. The number of amides is 1. The SMILES string of the molecule is COC(=O)C1(NC(=O)OCc2ccccc2)CCC(C(=O)O)CC1. The maximum Gasteiger partial charge on any atom is 0.408 e. The van der Waals surface area contributed by atoms with E-state index < -0.39 is 29.5 Å². The normalized spacial score (nSPS) is 23.1. The number of methoxy groups -OCH3 is 1. The summed E-state index contributed by atoms with van der Waals surface area (Å²) in [4.78, 5) is 35.3. The van der Waals surface area contributed by atoms with Gasteiger partial charge in [0.1, 0.15) is 12.1 Å². The summed E-state index contributed by atoms with van der Waals surface area (Å²) in [5.41, 5.74) is -0.400. The van der Waals surface area contributed by atoms with Crippen molar-refractivity contribution in [1.82, 2.24) is 5.32 Å². The number of aliphatic carboxylic acids is 1. The Bertz CT molecular complexity index is 592. The minimum absolute atomic E-state index is 0.0850. The number of ether oxygens (including phenoxy) is 2. The number of hydrogen-bond acceptors (Lipinski definition) is 5.